The molecule has 3 aromatic heterocycles. The Kier molecular flexibility index (Phi) is 6.17. The van der Waals surface area contributed by atoms with Crippen LogP contribution in [0, 0.1) is 6.92 Å². The molecule has 0 aliphatic carbocycles. The third-order valence-electron chi connectivity index (χ3n) is 4.32. The quantitative estimate of drug-likeness (QED) is 0.588. The fourth-order valence-corrected chi connectivity index (χ4v) is 3.82. The number of nitrogens with zero attached hydrogens (tertiary/aromatic N) is 4. The van der Waals surface area contributed by atoms with Gasteiger partial charge in [0, 0.05) is 33.6 Å². The molecular formula is C18H16F5N5OS. The van der Waals surface area contributed by atoms with Crippen molar-refractivity contribution < 1.29 is 22.0 Å². The second-order valence-electron chi connectivity index (χ2n) is 6.41. The molecule has 6 nitrogen and oxygen atoms in total. The predicted octanol–water partition coefficient (Wildman–Crippen LogP) is 3.65. The molecule has 3 aromatic rings. The Balaban J connectivity index is 1.82. The summed E-state index contributed by atoms with van der Waals surface area (Å²) in [7, 11) is 0. The number of hydrogen-bond donors (Lipinski definition) is 1. The smallest absolute Gasteiger partial charge is 0.327 e. The number of nitrogens with two attached hydrogens (primary N) is 1. The van der Waals surface area contributed by atoms with Crippen LogP contribution in [0.3, 0.4) is 0 Å². The molecule has 3 rings (SSSR count). The molecule has 0 unspecified atom stereocenters. The van der Waals surface area contributed by atoms with Gasteiger partial charge in [-0.1, -0.05) is 0 Å². The molecule has 0 radical (unpaired) electrons. The normalized spacial score (nSPS) is 11.7. The SMILES string of the molecule is Cc1cc(-c2ccc(C(F)(F)F)nc2)sc1Cn1cnn(CC(CN)=C(F)F)c1=O. The van der Waals surface area contributed by atoms with Crippen LogP contribution >= 0.6 is 11.3 Å². The van der Waals surface area contributed by atoms with Crippen LogP contribution in [0.5, 0.6) is 0 Å². The van der Waals surface area contributed by atoms with Crippen molar-refractivity contribution >= 4 is 11.3 Å². The number of alkyl halides is 3. The summed E-state index contributed by atoms with van der Waals surface area (Å²) < 4.78 is 65.7. The molecule has 0 aliphatic rings. The molecule has 0 atom stereocenters. The van der Waals surface area contributed by atoms with Crippen molar-refractivity contribution in [3.8, 4) is 10.4 Å². The average Bonchev–Trinajstić information content (AvgIpc) is 3.22. The Hall–Kier alpha value is -2.86. The monoisotopic (exact) mass is 445 g/mol. The minimum Gasteiger partial charge on any atom is -0.327 e. The van der Waals surface area contributed by atoms with Gasteiger partial charge in [0.05, 0.1) is 13.1 Å². The van der Waals surface area contributed by atoms with E-state index in [0.717, 1.165) is 27.4 Å². The van der Waals surface area contributed by atoms with Gasteiger partial charge in [0.1, 0.15) is 12.0 Å². The maximum absolute atomic E-state index is 12.8. The van der Waals surface area contributed by atoms with E-state index in [1.165, 1.54) is 28.3 Å². The van der Waals surface area contributed by atoms with E-state index in [4.69, 9.17) is 5.73 Å². The van der Waals surface area contributed by atoms with Crippen molar-refractivity contribution in [3.05, 3.63) is 69.0 Å². The highest BCUT2D eigenvalue weighted by atomic mass is 32.1. The molecule has 0 fully saturated rings. The molecule has 0 aromatic carbocycles. The number of aromatic nitrogens is 4. The first-order valence-corrected chi connectivity index (χ1v) is 9.40. The summed E-state index contributed by atoms with van der Waals surface area (Å²) in [6, 6.07) is 4.03. The van der Waals surface area contributed by atoms with Gasteiger partial charge < -0.3 is 5.73 Å². The summed E-state index contributed by atoms with van der Waals surface area (Å²) in [4.78, 5) is 17.3. The van der Waals surface area contributed by atoms with Crippen LogP contribution in [0.15, 0.2) is 47.2 Å². The van der Waals surface area contributed by atoms with Gasteiger partial charge in [0.15, 0.2) is 0 Å². The summed E-state index contributed by atoms with van der Waals surface area (Å²) in [5.74, 6) is 0. The molecule has 0 amide bonds. The third kappa shape index (κ3) is 4.65. The van der Waals surface area contributed by atoms with Crippen molar-refractivity contribution in [3.63, 3.8) is 0 Å². The van der Waals surface area contributed by atoms with Crippen LogP contribution in [-0.4, -0.2) is 25.9 Å². The largest absolute Gasteiger partial charge is 0.433 e. The van der Waals surface area contributed by atoms with E-state index in [9.17, 15) is 26.7 Å². The maximum Gasteiger partial charge on any atom is 0.433 e. The number of pyridine rings is 1. The highest BCUT2D eigenvalue weighted by molar-refractivity contribution is 7.15. The zero-order chi connectivity index (χ0) is 22.1. The first-order valence-electron chi connectivity index (χ1n) is 8.58. The molecule has 0 aliphatic heterocycles. The van der Waals surface area contributed by atoms with Crippen LogP contribution < -0.4 is 11.4 Å². The van der Waals surface area contributed by atoms with Crippen molar-refractivity contribution in [2.45, 2.75) is 26.2 Å². The lowest BCUT2D eigenvalue weighted by molar-refractivity contribution is -0.141. The van der Waals surface area contributed by atoms with Gasteiger partial charge in [0.25, 0.3) is 6.08 Å². The summed E-state index contributed by atoms with van der Waals surface area (Å²) in [5.41, 5.74) is 4.66. The second kappa shape index (κ2) is 8.48. The lowest BCUT2D eigenvalue weighted by Gasteiger charge is -2.05. The summed E-state index contributed by atoms with van der Waals surface area (Å²) >= 11 is 1.29. The van der Waals surface area contributed by atoms with Crippen LogP contribution in [0.4, 0.5) is 22.0 Å². The lowest BCUT2D eigenvalue weighted by Crippen LogP contribution is -2.27. The van der Waals surface area contributed by atoms with Gasteiger partial charge in [-0.05, 0) is 30.7 Å². The third-order valence-corrected chi connectivity index (χ3v) is 5.60. The van der Waals surface area contributed by atoms with E-state index in [-0.39, 0.29) is 12.1 Å². The lowest BCUT2D eigenvalue weighted by atomic mass is 10.2. The van der Waals surface area contributed by atoms with Gasteiger partial charge >= 0.3 is 11.9 Å². The molecule has 0 saturated heterocycles. The predicted molar refractivity (Wildman–Crippen MR) is 101 cm³/mol. The van der Waals surface area contributed by atoms with Crippen LogP contribution in [-0.2, 0) is 19.3 Å². The van der Waals surface area contributed by atoms with Gasteiger partial charge in [-0.25, -0.2) is 9.48 Å². The first kappa shape index (κ1) is 21.8. The van der Waals surface area contributed by atoms with Gasteiger partial charge in [-0.3, -0.25) is 9.55 Å². The van der Waals surface area contributed by atoms with Crippen molar-refractivity contribution in [2.75, 3.05) is 6.54 Å². The average molecular weight is 445 g/mol. The van der Waals surface area contributed by atoms with Crippen molar-refractivity contribution in [1.82, 2.24) is 19.3 Å². The fraction of sp³-hybridized carbons (Fsp3) is 0.278. The van der Waals surface area contributed by atoms with Crippen LogP contribution in [0.2, 0.25) is 0 Å². The van der Waals surface area contributed by atoms with Crippen molar-refractivity contribution in [1.29, 1.82) is 0 Å². The Labute approximate surface area is 171 Å². The minimum absolute atomic E-state index is 0.142. The van der Waals surface area contributed by atoms with E-state index in [1.54, 1.807) is 13.0 Å². The molecule has 3 heterocycles. The highest BCUT2D eigenvalue weighted by Crippen LogP contribution is 2.33. The topological polar surface area (TPSA) is 78.7 Å². The molecule has 2 N–H and O–H groups in total. The van der Waals surface area contributed by atoms with Crippen molar-refractivity contribution in [2.24, 2.45) is 5.73 Å². The van der Waals surface area contributed by atoms with Gasteiger partial charge in [-0.2, -0.15) is 27.1 Å². The number of aryl methyl sites for hydroxylation is 1. The first-order chi connectivity index (χ1) is 14.1. The molecule has 160 valence electrons. The summed E-state index contributed by atoms with van der Waals surface area (Å²) in [6.07, 6.45) is -4.07. The highest BCUT2D eigenvalue weighted by Gasteiger charge is 2.32. The summed E-state index contributed by atoms with van der Waals surface area (Å²) in [6.45, 7) is 1.14. The molecular weight excluding hydrogens is 429 g/mol. The standard InChI is InChI=1S/C18H16F5N5OS/c1-10-4-13(11-2-3-15(25-6-11)18(21,22)23)30-14(10)8-27-9-26-28(17(27)29)7-12(5-24)16(19)20/h2-4,6,9H,5,7-8,24H2,1H3. The molecule has 0 spiro atoms. The number of thiophene rings is 1. The second-order valence-corrected chi connectivity index (χ2v) is 7.55. The Bertz CT molecular complexity index is 1120. The van der Waals surface area contributed by atoms with E-state index in [1.807, 2.05) is 0 Å². The Morgan fingerprint density at radius 3 is 2.57 bits per heavy atom. The Morgan fingerprint density at radius 2 is 2.00 bits per heavy atom. The van der Waals surface area contributed by atoms with E-state index >= 15 is 0 Å². The zero-order valence-electron chi connectivity index (χ0n) is 15.6. The zero-order valence-corrected chi connectivity index (χ0v) is 16.4. The maximum atomic E-state index is 12.8. The van der Waals surface area contributed by atoms with E-state index < -0.39 is 36.7 Å². The molecule has 30 heavy (non-hydrogen) atoms. The molecule has 0 saturated carbocycles. The van der Waals surface area contributed by atoms with Crippen LogP contribution in [0.1, 0.15) is 16.1 Å². The number of hydrogen-bond acceptors (Lipinski definition) is 5. The minimum atomic E-state index is -4.51. The summed E-state index contributed by atoms with van der Waals surface area (Å²) in [5, 5.41) is 3.84. The number of rotatable bonds is 6. The molecule has 12 heteroatoms. The van der Waals surface area contributed by atoms with Gasteiger partial charge in [-0.15, -0.1) is 11.3 Å². The molecule has 0 bridgehead atoms. The van der Waals surface area contributed by atoms with E-state index in [2.05, 4.69) is 10.1 Å². The Morgan fingerprint density at radius 1 is 1.27 bits per heavy atom. The fourth-order valence-electron chi connectivity index (χ4n) is 2.65. The van der Waals surface area contributed by atoms with Crippen LogP contribution in [0.25, 0.3) is 10.4 Å². The van der Waals surface area contributed by atoms with Gasteiger partial charge in [0.2, 0.25) is 0 Å². The number of halogens is 5. The van der Waals surface area contributed by atoms with E-state index in [0.29, 0.717) is 10.4 Å².